The molecule has 3 fully saturated rings. The van der Waals surface area contributed by atoms with Gasteiger partial charge in [0.15, 0.2) is 0 Å². The highest BCUT2D eigenvalue weighted by Gasteiger charge is 2.56. The Hall–Kier alpha value is -1.81. The van der Waals surface area contributed by atoms with Crippen LogP contribution in [0, 0.1) is 11.8 Å². The largest absolute Gasteiger partial charge is 0.497 e. The SMILES string of the molecule is COc1ccc(NC2C3CCC(CC3=O)C2(C)c2ccc(Br)cc2)cc1. The molecule has 2 aromatic carbocycles. The number of rotatable bonds is 4. The summed E-state index contributed by atoms with van der Waals surface area (Å²) in [4.78, 5) is 12.7. The van der Waals surface area contributed by atoms with Crippen LogP contribution in [-0.2, 0) is 10.2 Å². The molecule has 2 bridgehead atoms. The van der Waals surface area contributed by atoms with Gasteiger partial charge in [0.25, 0.3) is 0 Å². The second-order valence-corrected chi connectivity index (χ2v) is 8.61. The average molecular weight is 414 g/mol. The lowest BCUT2D eigenvalue weighted by Gasteiger charge is -2.55. The zero-order valence-corrected chi connectivity index (χ0v) is 16.8. The third-order valence-corrected chi connectivity index (χ3v) is 6.99. The summed E-state index contributed by atoms with van der Waals surface area (Å²) in [5.74, 6) is 1.72. The highest BCUT2D eigenvalue weighted by atomic mass is 79.9. The van der Waals surface area contributed by atoms with Crippen LogP contribution in [0.15, 0.2) is 53.0 Å². The van der Waals surface area contributed by atoms with Gasteiger partial charge in [0.05, 0.1) is 7.11 Å². The molecule has 0 radical (unpaired) electrons. The number of hydrogen-bond acceptors (Lipinski definition) is 3. The van der Waals surface area contributed by atoms with Gasteiger partial charge >= 0.3 is 0 Å². The maximum atomic E-state index is 12.7. The molecule has 2 aromatic rings. The molecule has 3 aliphatic carbocycles. The standard InChI is InChI=1S/C22H24BrNO2/c1-22(14-3-6-16(23)7-4-14)15-5-12-19(20(25)13-15)21(22)24-17-8-10-18(26-2)11-9-17/h3-4,6-11,15,19,21,24H,5,12-13H2,1-2H3. The molecule has 3 nitrogen and oxygen atoms in total. The molecular weight excluding hydrogens is 390 g/mol. The van der Waals surface area contributed by atoms with Crippen LogP contribution in [-0.4, -0.2) is 18.9 Å². The van der Waals surface area contributed by atoms with Gasteiger partial charge in [0, 0.05) is 34.0 Å². The number of anilines is 1. The van der Waals surface area contributed by atoms with Gasteiger partial charge in [-0.15, -0.1) is 0 Å². The summed E-state index contributed by atoms with van der Waals surface area (Å²) < 4.78 is 6.35. The van der Waals surface area contributed by atoms with Gasteiger partial charge in [0.1, 0.15) is 11.5 Å². The Labute approximate surface area is 163 Å². The Morgan fingerprint density at radius 3 is 2.38 bits per heavy atom. The van der Waals surface area contributed by atoms with Crippen molar-refractivity contribution in [2.75, 3.05) is 12.4 Å². The molecule has 0 heterocycles. The van der Waals surface area contributed by atoms with E-state index in [9.17, 15) is 4.79 Å². The molecule has 136 valence electrons. The van der Waals surface area contributed by atoms with Gasteiger partial charge in [-0.25, -0.2) is 0 Å². The van der Waals surface area contributed by atoms with Crippen molar-refractivity contribution in [2.45, 2.75) is 37.6 Å². The molecular formula is C22H24BrNO2. The van der Waals surface area contributed by atoms with E-state index >= 15 is 0 Å². The van der Waals surface area contributed by atoms with E-state index in [2.05, 4.69) is 52.4 Å². The summed E-state index contributed by atoms with van der Waals surface area (Å²) in [6.45, 7) is 2.33. The van der Waals surface area contributed by atoms with Gasteiger partial charge < -0.3 is 10.1 Å². The lowest BCUT2D eigenvalue weighted by molar-refractivity contribution is -0.133. The molecule has 3 saturated carbocycles. The summed E-state index contributed by atoms with van der Waals surface area (Å²) in [6.07, 6.45) is 2.82. The molecule has 0 aliphatic heterocycles. The van der Waals surface area contributed by atoms with E-state index in [1.807, 2.05) is 24.3 Å². The number of benzene rings is 2. The molecule has 0 spiro atoms. The lowest BCUT2D eigenvalue weighted by atomic mass is 9.51. The molecule has 4 heteroatoms. The summed E-state index contributed by atoms with van der Waals surface area (Å²) >= 11 is 3.54. The van der Waals surface area contributed by atoms with Crippen molar-refractivity contribution >= 4 is 27.4 Å². The topological polar surface area (TPSA) is 38.3 Å². The first-order valence-corrected chi connectivity index (χ1v) is 10.0. The number of halogens is 1. The van der Waals surface area contributed by atoms with Gasteiger partial charge in [-0.3, -0.25) is 4.79 Å². The zero-order valence-electron chi connectivity index (χ0n) is 15.2. The number of carbonyl (C=O) groups is 1. The van der Waals surface area contributed by atoms with E-state index in [-0.39, 0.29) is 17.4 Å². The predicted molar refractivity (Wildman–Crippen MR) is 108 cm³/mol. The summed E-state index contributed by atoms with van der Waals surface area (Å²) in [6, 6.07) is 16.7. The minimum absolute atomic E-state index is 0.0581. The lowest BCUT2D eigenvalue weighted by Crippen LogP contribution is -2.61. The van der Waals surface area contributed by atoms with Gasteiger partial charge in [0.2, 0.25) is 0 Å². The van der Waals surface area contributed by atoms with Gasteiger partial charge in [-0.05, 0) is 60.7 Å². The average Bonchev–Trinajstić information content (AvgIpc) is 2.66. The fourth-order valence-corrected chi connectivity index (χ4v) is 5.18. The molecule has 3 aliphatic rings. The molecule has 26 heavy (non-hydrogen) atoms. The Kier molecular flexibility index (Phi) is 4.55. The first-order chi connectivity index (χ1) is 12.5. The van der Waals surface area contributed by atoms with E-state index in [1.165, 1.54) is 5.56 Å². The van der Waals surface area contributed by atoms with E-state index < -0.39 is 0 Å². The number of ketones is 1. The Morgan fingerprint density at radius 1 is 1.08 bits per heavy atom. The number of hydrogen-bond donors (Lipinski definition) is 1. The Bertz CT molecular complexity index is 802. The first kappa shape index (κ1) is 17.6. The fraction of sp³-hybridized carbons (Fsp3) is 0.409. The van der Waals surface area contributed by atoms with E-state index in [0.29, 0.717) is 18.1 Å². The van der Waals surface area contributed by atoms with Crippen LogP contribution in [0.1, 0.15) is 31.7 Å². The Balaban J connectivity index is 1.72. The minimum atomic E-state index is -0.0581. The third-order valence-electron chi connectivity index (χ3n) is 6.46. The van der Waals surface area contributed by atoms with E-state index in [1.54, 1.807) is 7.11 Å². The van der Waals surface area contributed by atoms with Crippen LogP contribution in [0.25, 0.3) is 0 Å². The maximum absolute atomic E-state index is 12.7. The van der Waals surface area contributed by atoms with Crippen molar-refractivity contribution in [2.24, 2.45) is 11.8 Å². The smallest absolute Gasteiger partial charge is 0.138 e. The number of methoxy groups -OCH3 is 1. The first-order valence-electron chi connectivity index (χ1n) is 9.21. The van der Waals surface area contributed by atoms with Crippen LogP contribution < -0.4 is 10.1 Å². The number of nitrogens with one attached hydrogen (secondary N) is 1. The number of ether oxygens (including phenoxy) is 1. The fourth-order valence-electron chi connectivity index (χ4n) is 4.92. The van der Waals surface area contributed by atoms with Crippen LogP contribution in [0.3, 0.4) is 0 Å². The molecule has 4 unspecified atom stereocenters. The third kappa shape index (κ3) is 2.84. The monoisotopic (exact) mass is 413 g/mol. The van der Waals surface area contributed by atoms with E-state index in [4.69, 9.17) is 4.74 Å². The van der Waals surface area contributed by atoms with Crippen LogP contribution >= 0.6 is 15.9 Å². The van der Waals surface area contributed by atoms with Gasteiger partial charge in [-0.1, -0.05) is 35.0 Å². The predicted octanol–water partition coefficient (Wildman–Crippen LogP) is 5.20. The molecule has 0 aromatic heterocycles. The molecule has 0 amide bonds. The van der Waals surface area contributed by atoms with Crippen molar-refractivity contribution in [3.63, 3.8) is 0 Å². The summed E-state index contributed by atoms with van der Waals surface area (Å²) in [5.41, 5.74) is 2.30. The second-order valence-electron chi connectivity index (χ2n) is 7.69. The van der Waals surface area contributed by atoms with Crippen LogP contribution in [0.4, 0.5) is 5.69 Å². The highest BCUT2D eigenvalue weighted by Crippen LogP contribution is 2.53. The number of Topliss-reactive ketones (excluding diaryl/α,β-unsaturated/α-hetero) is 1. The zero-order chi connectivity index (χ0) is 18.3. The Morgan fingerprint density at radius 2 is 1.77 bits per heavy atom. The van der Waals surface area contributed by atoms with Crippen molar-refractivity contribution in [3.8, 4) is 5.75 Å². The van der Waals surface area contributed by atoms with Crippen molar-refractivity contribution in [3.05, 3.63) is 58.6 Å². The van der Waals surface area contributed by atoms with E-state index in [0.717, 1.165) is 28.8 Å². The number of carbonyl (C=O) groups excluding carboxylic acids is 1. The molecule has 1 N–H and O–H groups in total. The van der Waals surface area contributed by atoms with Crippen molar-refractivity contribution in [1.82, 2.24) is 0 Å². The van der Waals surface area contributed by atoms with Crippen molar-refractivity contribution < 1.29 is 9.53 Å². The van der Waals surface area contributed by atoms with Gasteiger partial charge in [-0.2, -0.15) is 0 Å². The summed E-state index contributed by atoms with van der Waals surface area (Å²) in [7, 11) is 1.67. The van der Waals surface area contributed by atoms with Crippen molar-refractivity contribution in [1.29, 1.82) is 0 Å². The van der Waals surface area contributed by atoms with Crippen LogP contribution in [0.5, 0.6) is 5.75 Å². The normalized spacial score (nSPS) is 30.3. The quantitative estimate of drug-likeness (QED) is 0.748. The highest BCUT2D eigenvalue weighted by molar-refractivity contribution is 9.10. The number of fused-ring (bicyclic) bond motifs is 3. The summed E-state index contributed by atoms with van der Waals surface area (Å²) in [5, 5.41) is 3.71. The molecule has 0 saturated heterocycles. The second kappa shape index (κ2) is 6.73. The maximum Gasteiger partial charge on any atom is 0.138 e. The molecule has 5 rings (SSSR count). The van der Waals surface area contributed by atoms with Crippen LogP contribution in [0.2, 0.25) is 0 Å². The minimum Gasteiger partial charge on any atom is -0.497 e. The molecule has 4 atom stereocenters.